The van der Waals surface area contributed by atoms with Gasteiger partial charge in [-0.1, -0.05) is 127 Å². The average molecular weight is 1510 g/mol. The van der Waals surface area contributed by atoms with Crippen LogP contribution in [0.4, 0.5) is 0 Å². The Morgan fingerprint density at radius 2 is 0.500 bits per heavy atom. The number of aryl methyl sites for hydroxylation is 2. The first-order chi connectivity index (χ1) is 44.5. The van der Waals surface area contributed by atoms with Gasteiger partial charge in [-0.3, -0.25) is 0 Å². The van der Waals surface area contributed by atoms with Gasteiger partial charge in [0.15, 0.2) is 0 Å². The zero-order valence-electron chi connectivity index (χ0n) is 64.1. The lowest BCUT2D eigenvalue weighted by Gasteiger charge is -2.35. The van der Waals surface area contributed by atoms with Crippen molar-refractivity contribution in [3.05, 3.63) is 186 Å². The highest BCUT2D eigenvalue weighted by Gasteiger charge is 2.37. The van der Waals surface area contributed by atoms with E-state index in [-0.39, 0.29) is 23.7 Å². The molecule has 0 aliphatic heterocycles. The lowest BCUT2D eigenvalue weighted by Crippen LogP contribution is -2.33. The summed E-state index contributed by atoms with van der Waals surface area (Å²) >= 11 is 7.20. The number of allylic oxidation sites excluding steroid dienone is 12. The van der Waals surface area contributed by atoms with E-state index in [4.69, 9.17) is 36.7 Å². The number of ether oxygens (including phenoxy) is 4. The summed E-state index contributed by atoms with van der Waals surface area (Å²) in [7, 11) is -0.171. The maximum atomic E-state index is 6.60. The molecule has 0 fully saturated rings. The second kappa shape index (κ2) is 34.9. The zero-order chi connectivity index (χ0) is 72.3. The summed E-state index contributed by atoms with van der Waals surface area (Å²) in [5.41, 5.74) is 17.7. The highest BCUT2D eigenvalue weighted by atomic mass is 79.9. The van der Waals surface area contributed by atoms with Gasteiger partial charge in [0, 0.05) is 54.9 Å². The quantitative estimate of drug-likeness (QED) is 0.0640. The van der Waals surface area contributed by atoms with E-state index in [2.05, 4.69) is 267 Å². The molecule has 0 N–H and O–H groups in total. The molecular weight excluding hydrogens is 1390 g/mol. The lowest BCUT2D eigenvalue weighted by molar-refractivity contribution is 0.368. The van der Waals surface area contributed by atoms with Gasteiger partial charge in [-0.25, -0.2) is 0 Å². The van der Waals surface area contributed by atoms with Crippen molar-refractivity contribution in [2.24, 2.45) is 23.7 Å². The van der Waals surface area contributed by atoms with Gasteiger partial charge in [-0.15, -0.1) is 0 Å². The van der Waals surface area contributed by atoms with Crippen molar-refractivity contribution in [2.75, 3.05) is 28.4 Å². The first kappa shape index (κ1) is 81.7. The van der Waals surface area contributed by atoms with Gasteiger partial charge in [-0.05, 0) is 282 Å². The summed E-state index contributed by atoms with van der Waals surface area (Å²) in [6.45, 7) is 65.5. The predicted octanol–water partition coefficient (Wildman–Crippen LogP) is 25.8. The standard InChI is InChI=1S/C23H38O2Si2.C22H35BrO2Si2.C19H26O2.C18H23BrO2/c1-16(2)19-12-11-17(3)13-20(19)23-21(24-26(5,6)7)14-18(4)15-22(23)25-27(8,9)10;1-15(2)18-11-10-16(3)12-19(18)22-20(24-26(4,5)6)13-17(23)14-21(22)25-27(7,8)9;1-12(2)15-8-7-13(3)9-16(15)19-17(20-5)10-14(4)11-18(19)21-6;1-11(2)14-7-6-12(3)8-15(14)18-16(20-4)9-13(19)10-17(18)21-5/h13-15,19-20H,1,11-12H2,2-10H3;12-14,18-19H,1,10-11H2,2-9H3;9-11,15-16H,1,7-8H2,2-6H3;8-10,14-15H,1,6-7H2,2-5H3. The molecule has 0 amide bonds. The van der Waals surface area contributed by atoms with Crippen molar-refractivity contribution in [3.63, 3.8) is 0 Å². The molecule has 0 spiro atoms. The van der Waals surface area contributed by atoms with Gasteiger partial charge < -0.3 is 36.7 Å². The summed E-state index contributed by atoms with van der Waals surface area (Å²) in [6.07, 6.45) is 18.7. The highest BCUT2D eigenvalue weighted by molar-refractivity contribution is 9.10. The van der Waals surface area contributed by atoms with E-state index in [0.717, 1.165) is 123 Å². The fourth-order valence-electron chi connectivity index (χ4n) is 13.9. The van der Waals surface area contributed by atoms with Gasteiger partial charge in [-0.2, -0.15) is 0 Å². The van der Waals surface area contributed by atoms with E-state index in [1.165, 1.54) is 61.3 Å². The van der Waals surface area contributed by atoms with E-state index >= 15 is 0 Å². The number of hydrogen-bond donors (Lipinski definition) is 0. The topological polar surface area (TPSA) is 73.8 Å². The second-order valence-corrected chi connectivity index (χ2v) is 51.3. The third-order valence-electron chi connectivity index (χ3n) is 18.0. The van der Waals surface area contributed by atoms with E-state index in [0.29, 0.717) is 23.7 Å². The number of halogens is 2. The molecule has 4 aliphatic carbocycles. The minimum Gasteiger partial charge on any atom is -0.544 e. The molecule has 96 heavy (non-hydrogen) atoms. The Morgan fingerprint density at radius 1 is 0.323 bits per heavy atom. The van der Waals surface area contributed by atoms with Gasteiger partial charge in [0.2, 0.25) is 33.3 Å². The maximum absolute atomic E-state index is 6.60. The van der Waals surface area contributed by atoms with Crippen LogP contribution in [0.5, 0.6) is 46.0 Å². The minimum absolute atomic E-state index is 0.252. The first-order valence-electron chi connectivity index (χ1n) is 34.7. The molecule has 4 aromatic rings. The van der Waals surface area contributed by atoms with Crippen molar-refractivity contribution in [1.82, 2.24) is 0 Å². The Labute approximate surface area is 604 Å². The molecule has 0 saturated heterocycles. The smallest absolute Gasteiger partial charge is 0.242 e. The Balaban J connectivity index is 0.000000233. The van der Waals surface area contributed by atoms with Crippen LogP contribution in [0.15, 0.2) is 153 Å². The summed E-state index contributed by atoms with van der Waals surface area (Å²) in [5, 5.41) is 0. The van der Waals surface area contributed by atoms with Crippen LogP contribution in [0.25, 0.3) is 0 Å². The molecule has 0 saturated carbocycles. The molecule has 8 unspecified atom stereocenters. The number of hydrogen-bond acceptors (Lipinski definition) is 8. The van der Waals surface area contributed by atoms with E-state index in [1.807, 2.05) is 12.1 Å². The third kappa shape index (κ3) is 23.6. The fourth-order valence-corrected chi connectivity index (χ4v) is 18.0. The van der Waals surface area contributed by atoms with Crippen molar-refractivity contribution in [1.29, 1.82) is 0 Å². The molecule has 8 atom stereocenters. The molecule has 0 aromatic heterocycles. The van der Waals surface area contributed by atoms with Crippen molar-refractivity contribution in [3.8, 4) is 46.0 Å². The Kier molecular flexibility index (Phi) is 29.7. The Hall–Kier alpha value is -4.97. The number of benzene rings is 4. The van der Waals surface area contributed by atoms with Crippen LogP contribution in [0.3, 0.4) is 0 Å². The van der Waals surface area contributed by atoms with Crippen LogP contribution in [0.1, 0.15) is 164 Å². The van der Waals surface area contributed by atoms with Crippen LogP contribution in [0, 0.1) is 37.5 Å². The second-order valence-electron chi connectivity index (χ2n) is 31.8. The van der Waals surface area contributed by atoms with Gasteiger partial charge in [0.05, 0.1) is 28.4 Å². The van der Waals surface area contributed by atoms with Crippen molar-refractivity contribution >= 4 is 65.1 Å². The van der Waals surface area contributed by atoms with Crippen LogP contribution in [0.2, 0.25) is 78.6 Å². The van der Waals surface area contributed by atoms with Crippen LogP contribution >= 0.6 is 31.9 Å². The molecule has 14 heteroatoms. The van der Waals surface area contributed by atoms with Crippen LogP contribution < -0.4 is 36.7 Å². The molecule has 0 bridgehead atoms. The van der Waals surface area contributed by atoms with E-state index < -0.39 is 33.3 Å². The zero-order valence-corrected chi connectivity index (χ0v) is 71.2. The van der Waals surface area contributed by atoms with Gasteiger partial charge in [0.25, 0.3) is 0 Å². The number of methoxy groups -OCH3 is 4. The van der Waals surface area contributed by atoms with Crippen LogP contribution in [-0.2, 0) is 0 Å². The predicted molar refractivity (Wildman–Crippen MR) is 429 cm³/mol. The summed E-state index contributed by atoms with van der Waals surface area (Å²) < 4.78 is 50.8. The van der Waals surface area contributed by atoms with Gasteiger partial charge >= 0.3 is 0 Å². The molecule has 8 nitrogen and oxygen atoms in total. The van der Waals surface area contributed by atoms with Gasteiger partial charge in [0.1, 0.15) is 46.0 Å². The van der Waals surface area contributed by atoms with E-state index in [1.54, 1.807) is 28.4 Å². The SMILES string of the molecule is C=C(C)C1CCC(C)=CC1c1c(OC)cc(Br)cc1OC.C=C(C)C1CCC(C)=CC1c1c(OC)cc(C)cc1OC.C=C(C)C1CCC(C)=CC1c1c(O[Si](C)(C)C)cc(Br)cc1O[Si](C)(C)C.C=C(C)C1CCC(C)=CC1c1c(O[Si](C)(C)C)cc(C)cc1O[Si](C)(C)C. The molecule has 0 radical (unpaired) electrons. The molecule has 528 valence electrons. The van der Waals surface area contributed by atoms with Crippen LogP contribution in [-0.4, -0.2) is 61.7 Å². The molecule has 0 heterocycles. The monoisotopic (exact) mass is 1500 g/mol. The number of rotatable bonds is 20. The van der Waals surface area contributed by atoms with Crippen molar-refractivity contribution < 1.29 is 36.7 Å². The van der Waals surface area contributed by atoms with E-state index in [9.17, 15) is 0 Å². The summed E-state index contributed by atoms with van der Waals surface area (Å²) in [6, 6.07) is 16.8. The fraction of sp³-hybridized carbons (Fsp3) is 0.512. The summed E-state index contributed by atoms with van der Waals surface area (Å²) in [4.78, 5) is 0. The average Bonchev–Trinajstić information content (AvgIpc) is 0.799. The molecular formula is C82H122Br2O8Si4. The summed E-state index contributed by atoms with van der Waals surface area (Å²) in [5.74, 6) is 10.3. The molecule has 8 rings (SSSR count). The largest absolute Gasteiger partial charge is 0.544 e. The normalized spacial score (nSPS) is 21.2. The molecule has 4 aromatic carbocycles. The Morgan fingerprint density at radius 3 is 0.698 bits per heavy atom. The third-order valence-corrected chi connectivity index (χ3v) is 22.3. The highest BCUT2D eigenvalue weighted by Crippen LogP contribution is 2.53. The minimum atomic E-state index is -1.77. The van der Waals surface area contributed by atoms with Crippen molar-refractivity contribution in [2.45, 2.75) is 223 Å². The maximum Gasteiger partial charge on any atom is 0.242 e. The lowest BCUT2D eigenvalue weighted by atomic mass is 9.73. The Bertz CT molecular complexity index is 3190. The molecule has 4 aliphatic rings. The first-order valence-corrected chi connectivity index (χ1v) is 49.9.